The predicted octanol–water partition coefficient (Wildman–Crippen LogP) is 1.35. The van der Waals surface area contributed by atoms with Crippen LogP contribution >= 0.6 is 0 Å². The number of nitrogens with one attached hydrogen (secondary N) is 2. The number of carbonyl (C=O) groups is 1. The maximum atomic E-state index is 12.1. The standard InChI is InChI=1S/C13H20N2O4S/c1-5-14-20(17,18)11-9-7-6-8-10(11)15-12(16)13(2,3)19-4/h6-9,14H,5H2,1-4H3,(H,15,16). The Balaban J connectivity index is 3.13. The van der Waals surface area contributed by atoms with Crippen LogP contribution in [0.15, 0.2) is 29.2 Å². The van der Waals surface area contributed by atoms with Crippen molar-refractivity contribution in [2.24, 2.45) is 0 Å². The molecule has 0 spiro atoms. The van der Waals surface area contributed by atoms with Gasteiger partial charge < -0.3 is 10.1 Å². The van der Waals surface area contributed by atoms with Crippen LogP contribution in [-0.4, -0.2) is 33.6 Å². The fraction of sp³-hybridized carbons (Fsp3) is 0.462. The first-order valence-electron chi connectivity index (χ1n) is 6.20. The summed E-state index contributed by atoms with van der Waals surface area (Å²) in [6.07, 6.45) is 0. The summed E-state index contributed by atoms with van der Waals surface area (Å²) < 4.78 is 31.6. The van der Waals surface area contributed by atoms with Gasteiger partial charge >= 0.3 is 0 Å². The zero-order valence-electron chi connectivity index (χ0n) is 12.1. The van der Waals surface area contributed by atoms with Gasteiger partial charge in [0, 0.05) is 13.7 Å². The van der Waals surface area contributed by atoms with Crippen molar-refractivity contribution in [3.05, 3.63) is 24.3 Å². The minimum atomic E-state index is -3.64. The smallest absolute Gasteiger partial charge is 0.256 e. The highest BCUT2D eigenvalue weighted by Crippen LogP contribution is 2.22. The van der Waals surface area contributed by atoms with E-state index in [1.165, 1.54) is 19.2 Å². The number of hydrogen-bond donors (Lipinski definition) is 2. The van der Waals surface area contributed by atoms with Crippen molar-refractivity contribution >= 4 is 21.6 Å². The highest BCUT2D eigenvalue weighted by Gasteiger charge is 2.28. The molecule has 0 heterocycles. The molecular formula is C13H20N2O4S. The quantitative estimate of drug-likeness (QED) is 0.830. The van der Waals surface area contributed by atoms with Crippen molar-refractivity contribution < 1.29 is 17.9 Å². The Morgan fingerprint density at radius 2 is 1.90 bits per heavy atom. The van der Waals surface area contributed by atoms with Gasteiger partial charge in [-0.1, -0.05) is 19.1 Å². The van der Waals surface area contributed by atoms with E-state index in [9.17, 15) is 13.2 Å². The average molecular weight is 300 g/mol. The van der Waals surface area contributed by atoms with Crippen molar-refractivity contribution in [2.75, 3.05) is 19.0 Å². The fourth-order valence-electron chi connectivity index (χ4n) is 1.44. The molecule has 7 heteroatoms. The van der Waals surface area contributed by atoms with Gasteiger partial charge in [0.25, 0.3) is 5.91 Å². The van der Waals surface area contributed by atoms with Crippen LogP contribution in [0.4, 0.5) is 5.69 Å². The van der Waals surface area contributed by atoms with Gasteiger partial charge in [-0.3, -0.25) is 4.79 Å². The number of methoxy groups -OCH3 is 1. The topological polar surface area (TPSA) is 84.5 Å². The van der Waals surface area contributed by atoms with Crippen molar-refractivity contribution in [3.63, 3.8) is 0 Å². The Bertz CT molecular complexity index is 582. The fourth-order valence-corrected chi connectivity index (χ4v) is 2.64. The third-order valence-electron chi connectivity index (χ3n) is 2.82. The normalized spacial score (nSPS) is 12.2. The average Bonchev–Trinajstić information content (AvgIpc) is 2.39. The van der Waals surface area contributed by atoms with Crippen molar-refractivity contribution in [1.82, 2.24) is 4.72 Å². The number of sulfonamides is 1. The van der Waals surface area contributed by atoms with Crippen molar-refractivity contribution in [3.8, 4) is 0 Å². The molecule has 0 fully saturated rings. The molecule has 2 N–H and O–H groups in total. The molecule has 1 aromatic rings. The molecule has 0 radical (unpaired) electrons. The summed E-state index contributed by atoms with van der Waals surface area (Å²) in [5.74, 6) is -0.417. The maximum absolute atomic E-state index is 12.1. The van der Waals surface area contributed by atoms with Crippen LogP contribution in [0.2, 0.25) is 0 Å². The summed E-state index contributed by atoms with van der Waals surface area (Å²) in [4.78, 5) is 12.1. The molecule has 0 saturated heterocycles. The van der Waals surface area contributed by atoms with E-state index in [2.05, 4.69) is 10.0 Å². The summed E-state index contributed by atoms with van der Waals surface area (Å²) in [6, 6.07) is 6.23. The van der Waals surface area contributed by atoms with Crippen molar-refractivity contribution in [2.45, 2.75) is 31.3 Å². The first kappa shape index (κ1) is 16.6. The lowest BCUT2D eigenvalue weighted by Crippen LogP contribution is -2.39. The van der Waals surface area contributed by atoms with Gasteiger partial charge in [0.2, 0.25) is 10.0 Å². The van der Waals surface area contributed by atoms with Crippen LogP contribution in [0.1, 0.15) is 20.8 Å². The molecule has 0 aromatic heterocycles. The van der Waals surface area contributed by atoms with E-state index in [1.807, 2.05) is 0 Å². The Hall–Kier alpha value is -1.44. The third kappa shape index (κ3) is 3.78. The Labute approximate surface area is 119 Å². The van der Waals surface area contributed by atoms with E-state index in [4.69, 9.17) is 4.74 Å². The number of amides is 1. The highest BCUT2D eigenvalue weighted by atomic mass is 32.2. The van der Waals surface area contributed by atoms with E-state index in [1.54, 1.807) is 32.9 Å². The summed E-state index contributed by atoms with van der Waals surface area (Å²) in [5.41, 5.74) is -0.821. The number of carbonyl (C=O) groups excluding carboxylic acids is 1. The summed E-state index contributed by atoms with van der Waals surface area (Å²) in [7, 11) is -2.23. The van der Waals surface area contributed by atoms with Gasteiger partial charge in [0.1, 0.15) is 10.5 Å². The summed E-state index contributed by atoms with van der Waals surface area (Å²) in [6.45, 7) is 5.16. The lowest BCUT2D eigenvalue weighted by atomic mass is 10.1. The maximum Gasteiger partial charge on any atom is 0.256 e. The van der Waals surface area contributed by atoms with Crippen LogP contribution in [0, 0.1) is 0 Å². The molecule has 0 bridgehead atoms. The second kappa shape index (κ2) is 6.34. The van der Waals surface area contributed by atoms with Crippen LogP contribution in [0.3, 0.4) is 0 Å². The van der Waals surface area contributed by atoms with Crippen molar-refractivity contribution in [1.29, 1.82) is 0 Å². The number of para-hydroxylation sites is 1. The monoisotopic (exact) mass is 300 g/mol. The number of benzene rings is 1. The Kier molecular flexibility index (Phi) is 5.27. The highest BCUT2D eigenvalue weighted by molar-refractivity contribution is 7.89. The SMILES string of the molecule is CCNS(=O)(=O)c1ccccc1NC(=O)C(C)(C)OC. The van der Waals surface area contributed by atoms with E-state index in [0.717, 1.165) is 0 Å². The first-order valence-corrected chi connectivity index (χ1v) is 7.68. The molecule has 0 unspecified atom stereocenters. The largest absolute Gasteiger partial charge is 0.369 e. The molecule has 112 valence electrons. The summed E-state index contributed by atoms with van der Waals surface area (Å²) >= 11 is 0. The number of anilines is 1. The second-order valence-electron chi connectivity index (χ2n) is 4.67. The lowest BCUT2D eigenvalue weighted by molar-refractivity contribution is -0.133. The lowest BCUT2D eigenvalue weighted by Gasteiger charge is -2.22. The molecule has 0 saturated carbocycles. The number of rotatable bonds is 6. The molecule has 0 aliphatic carbocycles. The molecule has 1 aromatic carbocycles. The van der Waals surface area contributed by atoms with Crippen LogP contribution in [0.25, 0.3) is 0 Å². The molecule has 0 aliphatic rings. The zero-order valence-corrected chi connectivity index (χ0v) is 12.9. The first-order chi connectivity index (χ1) is 9.24. The van der Waals surface area contributed by atoms with E-state index < -0.39 is 21.5 Å². The van der Waals surface area contributed by atoms with E-state index in [-0.39, 0.29) is 17.1 Å². The second-order valence-corrected chi connectivity index (χ2v) is 6.40. The minimum Gasteiger partial charge on any atom is -0.369 e. The van der Waals surface area contributed by atoms with Crippen LogP contribution < -0.4 is 10.0 Å². The molecule has 1 rings (SSSR count). The van der Waals surface area contributed by atoms with Gasteiger partial charge in [-0.2, -0.15) is 0 Å². The van der Waals surface area contributed by atoms with Crippen LogP contribution in [-0.2, 0) is 19.6 Å². The van der Waals surface area contributed by atoms with Crippen LogP contribution in [0.5, 0.6) is 0 Å². The molecule has 1 amide bonds. The third-order valence-corrected chi connectivity index (χ3v) is 4.42. The van der Waals surface area contributed by atoms with Gasteiger partial charge in [0.15, 0.2) is 0 Å². The summed E-state index contributed by atoms with van der Waals surface area (Å²) in [5, 5.41) is 2.58. The molecule has 6 nitrogen and oxygen atoms in total. The zero-order chi connectivity index (χ0) is 15.4. The Morgan fingerprint density at radius 3 is 2.45 bits per heavy atom. The predicted molar refractivity (Wildman–Crippen MR) is 77.0 cm³/mol. The van der Waals surface area contributed by atoms with Gasteiger partial charge in [-0.05, 0) is 26.0 Å². The Morgan fingerprint density at radius 1 is 1.30 bits per heavy atom. The van der Waals surface area contributed by atoms with Gasteiger partial charge in [-0.25, -0.2) is 13.1 Å². The molecule has 0 aliphatic heterocycles. The van der Waals surface area contributed by atoms with E-state index in [0.29, 0.717) is 0 Å². The minimum absolute atomic E-state index is 0.0297. The molecule has 0 atom stereocenters. The number of ether oxygens (including phenoxy) is 1. The van der Waals surface area contributed by atoms with Gasteiger partial charge in [0.05, 0.1) is 5.69 Å². The molecule has 20 heavy (non-hydrogen) atoms. The van der Waals surface area contributed by atoms with E-state index >= 15 is 0 Å². The molecular weight excluding hydrogens is 280 g/mol. The van der Waals surface area contributed by atoms with Gasteiger partial charge in [-0.15, -0.1) is 0 Å². The number of hydrogen-bond acceptors (Lipinski definition) is 4.